The Morgan fingerprint density at radius 3 is 1.89 bits per heavy atom. The topological polar surface area (TPSA) is 242 Å². The van der Waals surface area contributed by atoms with Crippen LogP contribution in [-0.2, 0) is 40.0 Å². The molecule has 16 nitrogen and oxygen atoms in total. The molecule has 304 valence electrons. The number of carbonyl (C=O) groups excluding carboxylic acids is 7. The van der Waals surface area contributed by atoms with Crippen LogP contribution in [0, 0.1) is 17.8 Å². The molecule has 1 unspecified atom stereocenters. The van der Waals surface area contributed by atoms with Gasteiger partial charge in [0.05, 0.1) is 6.42 Å². The maximum Gasteiger partial charge on any atom is 0.245 e. The molecule has 55 heavy (non-hydrogen) atoms. The Balaban J connectivity index is 2.21. The van der Waals surface area contributed by atoms with E-state index in [1.165, 1.54) is 19.0 Å². The number of likely N-dealkylation sites (N-methyl/N-ethyl adjacent to an activating group) is 2. The van der Waals surface area contributed by atoms with Gasteiger partial charge in [0, 0.05) is 37.6 Å². The largest absolute Gasteiger partial charge is 0.370 e. The van der Waals surface area contributed by atoms with E-state index >= 15 is 0 Å². The van der Waals surface area contributed by atoms with Crippen molar-refractivity contribution in [3.63, 3.8) is 0 Å². The maximum atomic E-state index is 14.4. The van der Waals surface area contributed by atoms with Crippen LogP contribution in [0.2, 0.25) is 0 Å². The number of nitrogens with zero attached hydrogens (tertiary/aromatic N) is 2. The average Bonchev–Trinajstić information content (AvgIpc) is 3.53. The lowest BCUT2D eigenvalue weighted by atomic mass is 9.96. The molecule has 9 N–H and O–H groups in total. The molecule has 0 saturated carbocycles. The molecule has 1 aromatic carbocycles. The number of para-hydroxylation sites is 1. The van der Waals surface area contributed by atoms with Gasteiger partial charge in [0.2, 0.25) is 41.4 Å². The van der Waals surface area contributed by atoms with Crippen molar-refractivity contribution < 1.29 is 33.6 Å². The molecule has 0 aliphatic carbocycles. The van der Waals surface area contributed by atoms with E-state index in [0.717, 1.165) is 21.4 Å². The molecule has 6 atom stereocenters. The average molecular weight is 768 g/mol. The summed E-state index contributed by atoms with van der Waals surface area (Å²) in [7, 11) is 2.81. The van der Waals surface area contributed by atoms with E-state index in [0.29, 0.717) is 6.42 Å². The van der Waals surface area contributed by atoms with Gasteiger partial charge in [-0.2, -0.15) is 0 Å². The molecule has 1 aliphatic rings. The van der Waals surface area contributed by atoms with Gasteiger partial charge in [0.1, 0.15) is 36.3 Å². The van der Waals surface area contributed by atoms with Crippen LogP contribution in [-0.4, -0.2) is 113 Å². The maximum absolute atomic E-state index is 14.4. The molecular weight excluding hydrogens is 706 g/mol. The molecule has 1 aliphatic heterocycles. The Labute approximate surface area is 323 Å². The van der Waals surface area contributed by atoms with Crippen molar-refractivity contribution in [2.45, 2.75) is 116 Å². The number of amides is 7. The van der Waals surface area contributed by atoms with Crippen molar-refractivity contribution >= 4 is 52.3 Å². The smallest absolute Gasteiger partial charge is 0.245 e. The zero-order valence-electron chi connectivity index (χ0n) is 33.4. The molecule has 1 saturated heterocycles. The molecule has 2 aromatic rings. The fourth-order valence-electron chi connectivity index (χ4n) is 6.84. The van der Waals surface area contributed by atoms with Crippen LogP contribution in [0.3, 0.4) is 0 Å². The van der Waals surface area contributed by atoms with E-state index in [9.17, 15) is 33.6 Å². The normalized spacial score (nSPS) is 24.1. The van der Waals surface area contributed by atoms with Crippen LogP contribution in [0.25, 0.3) is 10.9 Å². The van der Waals surface area contributed by atoms with Crippen LogP contribution in [0.4, 0.5) is 0 Å². The second-order valence-corrected chi connectivity index (χ2v) is 15.8. The third-order valence-corrected chi connectivity index (χ3v) is 9.94. The summed E-state index contributed by atoms with van der Waals surface area (Å²) in [5, 5.41) is 12.0. The van der Waals surface area contributed by atoms with Gasteiger partial charge in [-0.05, 0) is 61.6 Å². The Hall–Kier alpha value is -4.99. The van der Waals surface area contributed by atoms with E-state index in [4.69, 9.17) is 11.5 Å². The van der Waals surface area contributed by atoms with Gasteiger partial charge in [-0.15, -0.1) is 0 Å². The van der Waals surface area contributed by atoms with E-state index in [-0.39, 0.29) is 44.1 Å². The number of hydrogen-bond donors (Lipinski definition) is 7. The molecule has 1 fully saturated rings. The van der Waals surface area contributed by atoms with Crippen molar-refractivity contribution in [1.29, 1.82) is 0 Å². The van der Waals surface area contributed by atoms with E-state index in [2.05, 4.69) is 26.3 Å². The van der Waals surface area contributed by atoms with Gasteiger partial charge in [-0.1, -0.05) is 59.7 Å². The predicted molar refractivity (Wildman–Crippen MR) is 209 cm³/mol. The van der Waals surface area contributed by atoms with Crippen molar-refractivity contribution in [1.82, 2.24) is 36.1 Å². The fourth-order valence-corrected chi connectivity index (χ4v) is 6.84. The van der Waals surface area contributed by atoms with Gasteiger partial charge in [-0.25, -0.2) is 0 Å². The lowest BCUT2D eigenvalue weighted by Gasteiger charge is -2.36. The van der Waals surface area contributed by atoms with E-state index < -0.39 is 89.9 Å². The van der Waals surface area contributed by atoms with Crippen molar-refractivity contribution in [3.8, 4) is 0 Å². The number of hydrogen-bond acceptors (Lipinski definition) is 8. The van der Waals surface area contributed by atoms with Gasteiger partial charge in [0.15, 0.2) is 0 Å². The number of fused-ring (bicyclic) bond motifs is 1. The molecule has 0 radical (unpaired) electrons. The Kier molecular flexibility index (Phi) is 16.2. The summed E-state index contributed by atoms with van der Waals surface area (Å²) in [5.74, 6) is -5.42. The first-order chi connectivity index (χ1) is 25.9. The third-order valence-electron chi connectivity index (χ3n) is 9.94. The highest BCUT2D eigenvalue weighted by atomic mass is 16.2. The highest BCUT2D eigenvalue weighted by Gasteiger charge is 2.40. The summed E-state index contributed by atoms with van der Waals surface area (Å²) in [6, 6.07) is 0.306. The minimum atomic E-state index is -1.45. The van der Waals surface area contributed by atoms with Gasteiger partial charge in [0.25, 0.3) is 0 Å². The number of nitrogens with two attached hydrogens (primary N) is 2. The summed E-state index contributed by atoms with van der Waals surface area (Å²) in [6.45, 7) is 11.2. The number of aromatic nitrogens is 1. The molecule has 16 heteroatoms. The van der Waals surface area contributed by atoms with Crippen LogP contribution < -0.4 is 32.7 Å². The fraction of sp³-hybridized carbons (Fsp3) is 0.615. The highest BCUT2D eigenvalue weighted by molar-refractivity contribution is 5.99. The van der Waals surface area contributed by atoms with E-state index in [1.807, 2.05) is 52.0 Å². The third kappa shape index (κ3) is 12.0. The molecule has 2 heterocycles. The molecule has 1 aromatic heterocycles. The Bertz CT molecular complexity index is 1690. The number of nitrogens with one attached hydrogen (secondary N) is 5. The van der Waals surface area contributed by atoms with Crippen molar-refractivity contribution in [2.24, 2.45) is 29.2 Å². The summed E-state index contributed by atoms with van der Waals surface area (Å²) >= 11 is 0. The number of H-pyrrole nitrogens is 1. The Morgan fingerprint density at radius 1 is 0.727 bits per heavy atom. The zero-order chi connectivity index (χ0) is 41.1. The van der Waals surface area contributed by atoms with E-state index in [1.54, 1.807) is 20.0 Å². The number of benzene rings is 1. The first kappa shape index (κ1) is 44.4. The quantitative estimate of drug-likeness (QED) is 0.162. The van der Waals surface area contributed by atoms with Crippen LogP contribution in [0.5, 0.6) is 0 Å². The predicted octanol–water partition coefficient (Wildman–Crippen LogP) is 0.680. The minimum absolute atomic E-state index is 0.0219. The van der Waals surface area contributed by atoms with Crippen LogP contribution in [0.1, 0.15) is 79.2 Å². The SMILES string of the molecule is CC(C)C[C@@H]1NC(=O)[C@H](Cc2c[nH]c3ccccc23)NC(=O)[C@@H](CCCN)NC(=O)C(CC(N)=O)N(C)C(=O)[C@H](C(C)C)NC(=O)[C@@H](CC(C)C)N(C)C1=O. The highest BCUT2D eigenvalue weighted by Crippen LogP contribution is 2.21. The molecule has 3 rings (SSSR count). The summed E-state index contributed by atoms with van der Waals surface area (Å²) in [5.41, 5.74) is 12.9. The molecule has 7 amide bonds. The summed E-state index contributed by atoms with van der Waals surface area (Å²) in [6.07, 6.45) is 2.03. The number of rotatable bonds is 12. The second kappa shape index (κ2) is 20.1. The lowest BCUT2D eigenvalue weighted by Crippen LogP contribution is -2.63. The summed E-state index contributed by atoms with van der Waals surface area (Å²) in [4.78, 5) is 103. The van der Waals surface area contributed by atoms with Gasteiger partial charge in [-0.3, -0.25) is 33.6 Å². The monoisotopic (exact) mass is 767 g/mol. The van der Waals surface area contributed by atoms with Gasteiger partial charge < -0.3 is 47.5 Å². The first-order valence-corrected chi connectivity index (χ1v) is 19.1. The number of primary amides is 1. The minimum Gasteiger partial charge on any atom is -0.370 e. The molecule has 0 spiro atoms. The Morgan fingerprint density at radius 2 is 1.29 bits per heavy atom. The lowest BCUT2D eigenvalue weighted by molar-refractivity contribution is -0.147. The standard InChI is InChI=1S/C39H61N9O7/c1-21(2)16-29-38(54)47(7)30(17-22(3)4)37(53)46-33(23(5)6)39(55)48(8)31(19-32(41)49)36(52)43-27(14-11-15-40)34(50)44-28(35(51)45-29)18-24-20-42-26-13-10-9-12-25(24)26/h9-10,12-13,20-23,27-31,33,42H,11,14-19,40H2,1-8H3,(H2,41,49)(H,43,52)(H,44,50)(H,45,51)(H,46,53)/t27-,28+,29+,30-,31?,33+/m1/s1. The van der Waals surface area contributed by atoms with Crippen LogP contribution in [0.15, 0.2) is 30.5 Å². The number of aromatic amines is 1. The zero-order valence-corrected chi connectivity index (χ0v) is 33.4. The van der Waals surface area contributed by atoms with Crippen molar-refractivity contribution in [2.75, 3.05) is 20.6 Å². The molecule has 0 bridgehead atoms. The first-order valence-electron chi connectivity index (χ1n) is 19.1. The van der Waals surface area contributed by atoms with Crippen LogP contribution >= 0.6 is 0 Å². The summed E-state index contributed by atoms with van der Waals surface area (Å²) < 4.78 is 0. The van der Waals surface area contributed by atoms with Crippen molar-refractivity contribution in [3.05, 3.63) is 36.0 Å². The molecular formula is C39H61N9O7. The second-order valence-electron chi connectivity index (χ2n) is 15.8. The van der Waals surface area contributed by atoms with Gasteiger partial charge >= 0.3 is 0 Å². The number of carbonyl (C=O) groups is 7.